The summed E-state index contributed by atoms with van der Waals surface area (Å²) >= 11 is 8.77. The number of benzene rings is 2. The summed E-state index contributed by atoms with van der Waals surface area (Å²) in [7, 11) is 0. The van der Waals surface area contributed by atoms with Crippen molar-refractivity contribution < 1.29 is 13.9 Å². The fraction of sp³-hybridized carbons (Fsp3) is 0.143. The Labute approximate surface area is 196 Å². The molecular formula is C21H17ClFN5O2S2. The first-order chi connectivity index (χ1) is 15.5. The third kappa shape index (κ3) is 5.45. The Bertz CT molecular complexity index is 1230. The molecule has 1 N–H and O–H groups in total. The van der Waals surface area contributed by atoms with Gasteiger partial charge in [0.2, 0.25) is 5.13 Å². The van der Waals surface area contributed by atoms with Crippen molar-refractivity contribution in [3.05, 3.63) is 76.8 Å². The molecule has 2 aromatic carbocycles. The summed E-state index contributed by atoms with van der Waals surface area (Å²) in [6.07, 6.45) is 1.58. The minimum atomic E-state index is -0.475. The van der Waals surface area contributed by atoms with E-state index in [4.69, 9.17) is 16.3 Å². The highest BCUT2D eigenvalue weighted by molar-refractivity contribution is 8.00. The van der Waals surface area contributed by atoms with Crippen LogP contribution >= 0.6 is 34.7 Å². The fourth-order valence-electron chi connectivity index (χ4n) is 2.75. The Balaban J connectivity index is 1.46. The largest absolute Gasteiger partial charge is 0.490 e. The zero-order valence-electron chi connectivity index (χ0n) is 16.8. The van der Waals surface area contributed by atoms with Crippen LogP contribution in [0.2, 0.25) is 5.02 Å². The number of anilines is 1. The van der Waals surface area contributed by atoms with Crippen LogP contribution in [-0.2, 0) is 5.75 Å². The van der Waals surface area contributed by atoms with E-state index in [2.05, 4.69) is 20.6 Å². The number of hydrogen-bond donors (Lipinski definition) is 1. The molecule has 0 aliphatic carbocycles. The van der Waals surface area contributed by atoms with E-state index >= 15 is 0 Å². The lowest BCUT2D eigenvalue weighted by Gasteiger charge is -2.02. The zero-order chi connectivity index (χ0) is 22.5. The number of nitrogens with one attached hydrogen (secondary N) is 1. The van der Waals surface area contributed by atoms with E-state index in [1.807, 2.05) is 31.2 Å². The zero-order valence-corrected chi connectivity index (χ0v) is 19.2. The van der Waals surface area contributed by atoms with Gasteiger partial charge in [-0.15, -0.1) is 10.2 Å². The second-order valence-electron chi connectivity index (χ2n) is 6.44. The Morgan fingerprint density at radius 1 is 1.25 bits per heavy atom. The Hall–Kier alpha value is -2.95. The maximum absolute atomic E-state index is 13.2. The first-order valence-electron chi connectivity index (χ1n) is 9.52. The van der Waals surface area contributed by atoms with Crippen molar-refractivity contribution >= 4 is 45.7 Å². The van der Waals surface area contributed by atoms with Gasteiger partial charge in [0.25, 0.3) is 5.91 Å². The Morgan fingerprint density at radius 2 is 2.06 bits per heavy atom. The van der Waals surface area contributed by atoms with Gasteiger partial charge >= 0.3 is 0 Å². The highest BCUT2D eigenvalue weighted by Gasteiger charge is 2.20. The lowest BCUT2D eigenvalue weighted by Crippen LogP contribution is -2.14. The van der Waals surface area contributed by atoms with E-state index in [0.717, 1.165) is 5.56 Å². The van der Waals surface area contributed by atoms with Crippen LogP contribution in [0.4, 0.5) is 9.52 Å². The van der Waals surface area contributed by atoms with Gasteiger partial charge in [-0.1, -0.05) is 46.8 Å². The number of aromatic nitrogens is 4. The van der Waals surface area contributed by atoms with Gasteiger partial charge in [0.05, 0.1) is 18.5 Å². The number of hydrogen-bond acceptors (Lipinski definition) is 7. The number of amides is 1. The summed E-state index contributed by atoms with van der Waals surface area (Å²) in [6, 6.07) is 13.4. The van der Waals surface area contributed by atoms with Crippen LogP contribution in [-0.4, -0.2) is 32.5 Å². The van der Waals surface area contributed by atoms with Crippen molar-refractivity contribution in [2.75, 3.05) is 11.9 Å². The molecule has 164 valence electrons. The predicted molar refractivity (Wildman–Crippen MR) is 124 cm³/mol. The molecule has 4 aromatic rings. The molecule has 2 heterocycles. The number of ether oxygens (including phenoxy) is 1. The van der Waals surface area contributed by atoms with Gasteiger partial charge in [-0.3, -0.25) is 10.1 Å². The van der Waals surface area contributed by atoms with E-state index in [9.17, 15) is 9.18 Å². The van der Waals surface area contributed by atoms with Crippen molar-refractivity contribution in [1.29, 1.82) is 0 Å². The molecule has 7 nitrogen and oxygen atoms in total. The third-order valence-electron chi connectivity index (χ3n) is 4.17. The summed E-state index contributed by atoms with van der Waals surface area (Å²) in [4.78, 5) is 12.8. The molecule has 0 spiro atoms. The molecule has 11 heteroatoms. The van der Waals surface area contributed by atoms with E-state index in [1.165, 1.54) is 39.9 Å². The van der Waals surface area contributed by atoms with Crippen molar-refractivity contribution in [3.63, 3.8) is 0 Å². The van der Waals surface area contributed by atoms with Gasteiger partial charge in [-0.25, -0.2) is 9.07 Å². The minimum absolute atomic E-state index is 0.0968. The maximum atomic E-state index is 13.2. The standard InChI is InChI=1S/C21H17ClFN5O2S2/c1-2-30-17-11-28(16-8-6-15(23)7-9-16)27-18(17)19(29)24-20-25-26-21(32-20)31-12-13-4-3-5-14(22)10-13/h3-11H,2,12H2,1H3,(H,24,25,29). The topological polar surface area (TPSA) is 81.9 Å². The van der Waals surface area contributed by atoms with Crippen LogP contribution in [0.15, 0.2) is 59.1 Å². The number of carbonyl (C=O) groups excluding carboxylic acids is 1. The van der Waals surface area contributed by atoms with E-state index in [0.29, 0.717) is 38.3 Å². The Morgan fingerprint density at radius 3 is 2.81 bits per heavy atom. The molecule has 0 unspecified atom stereocenters. The molecule has 2 aromatic heterocycles. The average molecular weight is 490 g/mol. The molecule has 0 radical (unpaired) electrons. The van der Waals surface area contributed by atoms with Gasteiger partial charge in [0, 0.05) is 10.8 Å². The smallest absolute Gasteiger partial charge is 0.281 e. The number of carbonyl (C=O) groups is 1. The molecule has 0 saturated carbocycles. The average Bonchev–Trinajstić information content (AvgIpc) is 3.40. The molecule has 0 atom stereocenters. The normalized spacial score (nSPS) is 10.8. The fourth-order valence-corrected chi connectivity index (χ4v) is 4.65. The highest BCUT2D eigenvalue weighted by atomic mass is 35.5. The summed E-state index contributed by atoms with van der Waals surface area (Å²) in [5.74, 6) is 0.162. The SMILES string of the molecule is CCOc1cn(-c2ccc(F)cc2)nc1C(=O)Nc1nnc(SCc2cccc(Cl)c2)s1. The summed E-state index contributed by atoms with van der Waals surface area (Å²) < 4.78 is 20.9. The van der Waals surface area contributed by atoms with Crippen molar-refractivity contribution in [2.24, 2.45) is 0 Å². The van der Waals surface area contributed by atoms with Gasteiger partial charge in [-0.05, 0) is 48.9 Å². The first kappa shape index (κ1) is 22.3. The molecule has 0 fully saturated rings. The molecule has 0 aliphatic rings. The van der Waals surface area contributed by atoms with Crippen LogP contribution < -0.4 is 10.1 Å². The van der Waals surface area contributed by atoms with Gasteiger partial charge in [0.1, 0.15) is 5.82 Å². The number of nitrogens with zero attached hydrogens (tertiary/aromatic N) is 4. The van der Waals surface area contributed by atoms with Crippen LogP contribution in [0.3, 0.4) is 0 Å². The minimum Gasteiger partial charge on any atom is -0.490 e. The first-order valence-corrected chi connectivity index (χ1v) is 11.7. The predicted octanol–water partition coefficient (Wildman–Crippen LogP) is 5.46. The molecule has 0 bridgehead atoms. The second-order valence-corrected chi connectivity index (χ2v) is 9.08. The second kappa shape index (κ2) is 10.1. The highest BCUT2D eigenvalue weighted by Crippen LogP contribution is 2.29. The molecule has 0 saturated heterocycles. The van der Waals surface area contributed by atoms with E-state index < -0.39 is 5.91 Å². The van der Waals surface area contributed by atoms with Crippen LogP contribution in [0, 0.1) is 5.82 Å². The molecule has 1 amide bonds. The lowest BCUT2D eigenvalue weighted by molar-refractivity contribution is 0.101. The van der Waals surface area contributed by atoms with E-state index in [-0.39, 0.29) is 11.5 Å². The molecular weight excluding hydrogens is 473 g/mol. The van der Waals surface area contributed by atoms with Crippen LogP contribution in [0.1, 0.15) is 23.0 Å². The molecule has 4 rings (SSSR count). The van der Waals surface area contributed by atoms with Crippen molar-refractivity contribution in [1.82, 2.24) is 20.0 Å². The van der Waals surface area contributed by atoms with Crippen LogP contribution in [0.5, 0.6) is 5.75 Å². The van der Waals surface area contributed by atoms with E-state index in [1.54, 1.807) is 18.3 Å². The van der Waals surface area contributed by atoms with Crippen LogP contribution in [0.25, 0.3) is 5.69 Å². The van der Waals surface area contributed by atoms with Gasteiger partial charge in [0.15, 0.2) is 15.8 Å². The number of halogens is 2. The molecule has 32 heavy (non-hydrogen) atoms. The lowest BCUT2D eigenvalue weighted by atomic mass is 10.2. The summed E-state index contributed by atoms with van der Waals surface area (Å²) in [5, 5.41) is 16.2. The summed E-state index contributed by atoms with van der Waals surface area (Å²) in [5.41, 5.74) is 1.76. The number of thioether (sulfide) groups is 1. The Kier molecular flexibility index (Phi) is 7.03. The maximum Gasteiger partial charge on any atom is 0.281 e. The quantitative estimate of drug-likeness (QED) is 0.261. The molecule has 0 aliphatic heterocycles. The van der Waals surface area contributed by atoms with Gasteiger partial charge in [-0.2, -0.15) is 5.10 Å². The van der Waals surface area contributed by atoms with Crippen molar-refractivity contribution in [2.45, 2.75) is 17.0 Å². The monoisotopic (exact) mass is 489 g/mol. The summed E-state index contributed by atoms with van der Waals surface area (Å²) in [6.45, 7) is 2.17. The van der Waals surface area contributed by atoms with Gasteiger partial charge < -0.3 is 4.74 Å². The third-order valence-corrected chi connectivity index (χ3v) is 6.44. The number of rotatable bonds is 8. The van der Waals surface area contributed by atoms with Crippen molar-refractivity contribution in [3.8, 4) is 11.4 Å².